The fourth-order valence-corrected chi connectivity index (χ4v) is 5.97. The van der Waals surface area contributed by atoms with Gasteiger partial charge in [0.25, 0.3) is 0 Å². The Labute approximate surface area is 258 Å². The number of allylic oxidation sites excluding steroid dienone is 1. The lowest BCUT2D eigenvalue weighted by Crippen LogP contribution is -2.29. The van der Waals surface area contributed by atoms with Crippen LogP contribution in [0.4, 0.5) is 5.95 Å². The van der Waals surface area contributed by atoms with E-state index in [4.69, 9.17) is 35.9 Å². The molecule has 1 aliphatic heterocycles. The van der Waals surface area contributed by atoms with Gasteiger partial charge in [-0.15, -0.1) is 5.10 Å². The Bertz CT molecular complexity index is 1440. The highest BCUT2D eigenvalue weighted by Crippen LogP contribution is 2.43. The van der Waals surface area contributed by atoms with Crippen LogP contribution in [0.3, 0.4) is 0 Å². The first-order chi connectivity index (χ1) is 19.7. The number of anilines is 1. The number of benzene rings is 2. The summed E-state index contributed by atoms with van der Waals surface area (Å²) in [6.07, 6.45) is 2.45. The Morgan fingerprint density at radius 2 is 2.07 bits per heavy atom. The fraction of sp³-hybridized carbons (Fsp3) is 0.367. The molecule has 0 saturated carbocycles. The van der Waals surface area contributed by atoms with Gasteiger partial charge in [0.2, 0.25) is 11.1 Å². The molecule has 0 amide bonds. The number of fused-ring (bicyclic) bond motifs is 1. The Kier molecular flexibility index (Phi) is 10.8. The number of ether oxygens (including phenoxy) is 3. The molecule has 11 heteroatoms. The zero-order valence-electron chi connectivity index (χ0n) is 23.6. The number of rotatable bonds is 13. The van der Waals surface area contributed by atoms with Crippen molar-refractivity contribution in [3.05, 3.63) is 80.9 Å². The Hall–Kier alpha value is -2.95. The lowest BCUT2D eigenvalue weighted by Gasteiger charge is -2.29. The number of halogens is 2. The molecule has 1 N–H and O–H groups in total. The molecule has 41 heavy (non-hydrogen) atoms. The molecule has 1 aliphatic rings. The van der Waals surface area contributed by atoms with E-state index in [1.54, 1.807) is 4.68 Å². The third kappa shape index (κ3) is 7.47. The normalized spacial score (nSPS) is 14.5. The van der Waals surface area contributed by atoms with Crippen molar-refractivity contribution in [1.29, 1.82) is 0 Å². The highest BCUT2D eigenvalue weighted by Gasteiger charge is 2.36. The van der Waals surface area contributed by atoms with Crippen LogP contribution in [0.2, 0.25) is 5.02 Å². The van der Waals surface area contributed by atoms with Gasteiger partial charge in [-0.1, -0.05) is 68.1 Å². The van der Waals surface area contributed by atoms with E-state index in [1.165, 1.54) is 17.8 Å². The van der Waals surface area contributed by atoms with Gasteiger partial charge in [-0.05, 0) is 71.4 Å². The molecule has 0 radical (unpaired) electrons. The maximum Gasteiger partial charge on any atom is 0.338 e. The molecule has 218 valence electrons. The van der Waals surface area contributed by atoms with Gasteiger partial charge >= 0.3 is 5.97 Å². The van der Waals surface area contributed by atoms with Crippen molar-refractivity contribution in [3.63, 3.8) is 0 Å². The third-order valence-corrected chi connectivity index (χ3v) is 8.13. The topological polar surface area (TPSA) is 87.5 Å². The Balaban J connectivity index is 1.75. The van der Waals surface area contributed by atoms with Crippen molar-refractivity contribution >= 4 is 51.2 Å². The average molecular weight is 662 g/mol. The van der Waals surface area contributed by atoms with Crippen LogP contribution in [0.25, 0.3) is 0 Å². The predicted molar refractivity (Wildman–Crippen MR) is 167 cm³/mol. The predicted octanol–water partition coefficient (Wildman–Crippen LogP) is 7.83. The largest absolute Gasteiger partial charge is 0.490 e. The van der Waals surface area contributed by atoms with Gasteiger partial charge < -0.3 is 19.5 Å². The number of esters is 1. The molecule has 1 aromatic heterocycles. The van der Waals surface area contributed by atoms with Crippen molar-refractivity contribution in [2.45, 2.75) is 51.1 Å². The summed E-state index contributed by atoms with van der Waals surface area (Å²) in [5.41, 5.74) is 2.78. The summed E-state index contributed by atoms with van der Waals surface area (Å²) in [6.45, 7) is 12.8. The van der Waals surface area contributed by atoms with E-state index in [1.807, 2.05) is 50.2 Å². The van der Waals surface area contributed by atoms with E-state index in [-0.39, 0.29) is 6.61 Å². The molecule has 0 aliphatic carbocycles. The van der Waals surface area contributed by atoms with Gasteiger partial charge in [0, 0.05) is 16.5 Å². The van der Waals surface area contributed by atoms with Crippen LogP contribution in [0.5, 0.6) is 11.5 Å². The maximum atomic E-state index is 13.4. The monoisotopic (exact) mass is 660 g/mol. The standard InChI is InChI=1S/C30H34BrClN4O4S/c1-6-13-40-28(37)25-19(5)33-29-34-30(41-17-20-10-8-9-11-23(20)32)35-36(29)26(25)21-15-22(31)27(24(16-21)38-7-2)39-14-12-18(3)4/h6,8-11,15-16,18,26H,1,7,12-14,17H2,2-5H3,(H,33,34,35). The zero-order valence-corrected chi connectivity index (χ0v) is 26.7. The van der Waals surface area contributed by atoms with Crippen molar-refractivity contribution in [1.82, 2.24) is 14.8 Å². The minimum atomic E-state index is -0.633. The van der Waals surface area contributed by atoms with Crippen LogP contribution in [0.1, 0.15) is 51.3 Å². The van der Waals surface area contributed by atoms with Crippen molar-refractivity contribution in [2.75, 3.05) is 25.1 Å². The molecule has 1 unspecified atom stereocenters. The van der Waals surface area contributed by atoms with Gasteiger partial charge in [0.15, 0.2) is 11.5 Å². The van der Waals surface area contributed by atoms with Crippen molar-refractivity contribution < 1.29 is 19.0 Å². The van der Waals surface area contributed by atoms with E-state index in [0.717, 1.165) is 17.5 Å². The molecule has 0 fully saturated rings. The number of carbonyl (C=O) groups is 1. The summed E-state index contributed by atoms with van der Waals surface area (Å²) in [5, 5.41) is 9.28. The van der Waals surface area contributed by atoms with Crippen molar-refractivity contribution in [3.8, 4) is 11.5 Å². The van der Waals surface area contributed by atoms with Crippen LogP contribution < -0.4 is 14.8 Å². The molecule has 2 heterocycles. The second-order valence-electron chi connectivity index (χ2n) is 9.79. The quantitative estimate of drug-likeness (QED) is 0.113. The number of nitrogens with one attached hydrogen (secondary N) is 1. The molecule has 0 bridgehead atoms. The number of carbonyl (C=O) groups excluding carboxylic acids is 1. The van der Waals surface area contributed by atoms with Crippen LogP contribution in [-0.2, 0) is 15.3 Å². The summed E-state index contributed by atoms with van der Waals surface area (Å²) >= 11 is 11.5. The van der Waals surface area contributed by atoms with E-state index in [9.17, 15) is 4.79 Å². The van der Waals surface area contributed by atoms with Crippen molar-refractivity contribution in [2.24, 2.45) is 5.92 Å². The molecule has 2 aromatic carbocycles. The van der Waals surface area contributed by atoms with Gasteiger partial charge in [0.05, 0.1) is 23.3 Å². The molecule has 1 atom stereocenters. The van der Waals surface area contributed by atoms with E-state index in [0.29, 0.717) is 68.3 Å². The zero-order chi connectivity index (χ0) is 29.5. The van der Waals surface area contributed by atoms with Gasteiger partial charge in [0.1, 0.15) is 12.6 Å². The van der Waals surface area contributed by atoms with Gasteiger partial charge in [-0.25, -0.2) is 9.48 Å². The minimum absolute atomic E-state index is 0.0853. The summed E-state index contributed by atoms with van der Waals surface area (Å²) in [4.78, 5) is 18.1. The number of hydrogen-bond acceptors (Lipinski definition) is 8. The summed E-state index contributed by atoms with van der Waals surface area (Å²) in [7, 11) is 0. The average Bonchev–Trinajstić information content (AvgIpc) is 3.34. The Morgan fingerprint density at radius 1 is 1.29 bits per heavy atom. The number of nitrogens with zero attached hydrogens (tertiary/aromatic N) is 3. The number of hydrogen-bond donors (Lipinski definition) is 1. The Morgan fingerprint density at radius 3 is 2.78 bits per heavy atom. The van der Waals surface area contributed by atoms with Gasteiger partial charge in [-0.2, -0.15) is 4.98 Å². The van der Waals surface area contributed by atoms with E-state index in [2.05, 4.69) is 41.7 Å². The first kappa shape index (κ1) is 31.0. The minimum Gasteiger partial charge on any atom is -0.490 e. The summed E-state index contributed by atoms with van der Waals surface area (Å²) < 4.78 is 20.1. The molecule has 8 nitrogen and oxygen atoms in total. The first-order valence-corrected chi connectivity index (χ1v) is 15.6. The molecule has 4 rings (SSSR count). The second kappa shape index (κ2) is 14.3. The van der Waals surface area contributed by atoms with E-state index < -0.39 is 12.0 Å². The highest BCUT2D eigenvalue weighted by molar-refractivity contribution is 9.10. The maximum absolute atomic E-state index is 13.4. The number of thioether (sulfide) groups is 1. The van der Waals surface area contributed by atoms with E-state index >= 15 is 0 Å². The number of aromatic nitrogens is 3. The molecule has 3 aromatic rings. The molecular weight excluding hydrogens is 628 g/mol. The first-order valence-electron chi connectivity index (χ1n) is 13.4. The van der Waals surface area contributed by atoms with Crippen LogP contribution in [-0.4, -0.2) is 40.6 Å². The highest BCUT2D eigenvalue weighted by atomic mass is 79.9. The van der Waals surface area contributed by atoms with Crippen LogP contribution in [0.15, 0.2) is 70.0 Å². The fourth-order valence-electron chi connectivity index (χ4n) is 4.28. The SMILES string of the molecule is C=CCOC(=O)C1=C(C)Nc2nc(SCc3ccccc3Cl)nn2C1c1cc(Br)c(OCCC(C)C)c(OCC)c1. The molecule has 0 saturated heterocycles. The second-order valence-corrected chi connectivity index (χ2v) is 12.0. The molecular formula is C30H34BrClN4O4S. The van der Waals surface area contributed by atoms with Gasteiger partial charge in [-0.3, -0.25) is 0 Å². The smallest absolute Gasteiger partial charge is 0.338 e. The third-order valence-electron chi connectivity index (χ3n) is 6.29. The summed E-state index contributed by atoms with van der Waals surface area (Å²) in [5.74, 6) is 2.34. The van der Waals surface area contributed by atoms with Crippen LogP contribution in [0, 0.1) is 5.92 Å². The lowest BCUT2D eigenvalue weighted by atomic mass is 9.95. The summed E-state index contributed by atoms with van der Waals surface area (Å²) in [6, 6.07) is 10.9. The lowest BCUT2D eigenvalue weighted by molar-refractivity contribution is -0.138. The van der Waals surface area contributed by atoms with Crippen LogP contribution >= 0.6 is 39.3 Å². The molecule has 0 spiro atoms.